The predicted molar refractivity (Wildman–Crippen MR) is 65.1 cm³/mol. The molecule has 0 fully saturated rings. The minimum absolute atomic E-state index is 0.0176. The molecular weight excluding hydrogens is 218 g/mol. The summed E-state index contributed by atoms with van der Waals surface area (Å²) >= 11 is 0. The number of nitrogens with zero attached hydrogens (tertiary/aromatic N) is 3. The molecule has 0 aliphatic heterocycles. The third-order valence-electron chi connectivity index (χ3n) is 2.22. The van der Waals surface area contributed by atoms with Crippen LogP contribution in [0.25, 0.3) is 0 Å². The molecule has 0 saturated carbocycles. The van der Waals surface area contributed by atoms with Crippen LogP contribution < -0.4 is 11.1 Å². The summed E-state index contributed by atoms with van der Waals surface area (Å²) in [6.45, 7) is 8.12. The standard InChI is InChI=1S/C11H21N5O/c1-8(2)13-10(17)5-6-16-7-9(14-15-16)11(3,4)12/h7-8H,5-6,12H2,1-4H3,(H,13,17). The lowest BCUT2D eigenvalue weighted by Gasteiger charge is -2.13. The molecule has 1 aromatic heterocycles. The minimum Gasteiger partial charge on any atom is -0.354 e. The topological polar surface area (TPSA) is 85.8 Å². The van der Waals surface area contributed by atoms with Crippen molar-refractivity contribution in [2.75, 3.05) is 0 Å². The van der Waals surface area contributed by atoms with Crippen LogP contribution in [0.15, 0.2) is 6.20 Å². The smallest absolute Gasteiger partial charge is 0.222 e. The van der Waals surface area contributed by atoms with Crippen molar-refractivity contribution in [3.05, 3.63) is 11.9 Å². The molecule has 0 bridgehead atoms. The van der Waals surface area contributed by atoms with E-state index in [-0.39, 0.29) is 11.9 Å². The Balaban J connectivity index is 2.48. The number of nitrogens with one attached hydrogen (secondary N) is 1. The van der Waals surface area contributed by atoms with Crippen LogP contribution in [0.5, 0.6) is 0 Å². The summed E-state index contributed by atoms with van der Waals surface area (Å²) in [5, 5.41) is 10.7. The number of nitrogens with two attached hydrogens (primary N) is 1. The van der Waals surface area contributed by atoms with Gasteiger partial charge in [0.15, 0.2) is 0 Å². The number of carbonyl (C=O) groups excluding carboxylic acids is 1. The first kappa shape index (κ1) is 13.6. The van der Waals surface area contributed by atoms with Gasteiger partial charge in [-0.1, -0.05) is 5.21 Å². The Morgan fingerprint density at radius 3 is 2.71 bits per heavy atom. The molecule has 1 heterocycles. The maximum atomic E-state index is 11.4. The fraction of sp³-hybridized carbons (Fsp3) is 0.727. The van der Waals surface area contributed by atoms with E-state index in [0.717, 1.165) is 5.69 Å². The molecule has 0 radical (unpaired) electrons. The molecule has 1 amide bonds. The van der Waals surface area contributed by atoms with Crippen LogP contribution in [0.2, 0.25) is 0 Å². The molecule has 0 unspecified atom stereocenters. The minimum atomic E-state index is -0.502. The monoisotopic (exact) mass is 239 g/mol. The molecule has 17 heavy (non-hydrogen) atoms. The number of aryl methyl sites for hydroxylation is 1. The predicted octanol–water partition coefficient (Wildman–Crippen LogP) is 0.387. The van der Waals surface area contributed by atoms with Crippen molar-refractivity contribution >= 4 is 5.91 Å². The van der Waals surface area contributed by atoms with Crippen LogP contribution in [-0.2, 0) is 16.9 Å². The Bertz CT molecular complexity index is 377. The van der Waals surface area contributed by atoms with Gasteiger partial charge in [0.25, 0.3) is 0 Å². The Labute approximate surface area is 102 Å². The molecule has 1 aromatic rings. The van der Waals surface area contributed by atoms with Gasteiger partial charge in [-0.25, -0.2) is 0 Å². The average Bonchev–Trinajstić information content (AvgIpc) is 2.61. The molecule has 1 rings (SSSR count). The molecule has 0 atom stereocenters. The molecule has 0 aliphatic carbocycles. The highest BCUT2D eigenvalue weighted by Gasteiger charge is 2.18. The van der Waals surface area contributed by atoms with Crippen molar-refractivity contribution in [2.24, 2.45) is 5.73 Å². The second-order valence-electron chi connectivity index (χ2n) is 5.06. The van der Waals surface area contributed by atoms with Gasteiger partial charge in [0, 0.05) is 12.5 Å². The quantitative estimate of drug-likeness (QED) is 0.778. The molecule has 0 aromatic carbocycles. The van der Waals surface area contributed by atoms with E-state index < -0.39 is 5.54 Å². The van der Waals surface area contributed by atoms with Gasteiger partial charge in [-0.05, 0) is 27.7 Å². The lowest BCUT2D eigenvalue weighted by atomic mass is 10.0. The Morgan fingerprint density at radius 2 is 2.24 bits per heavy atom. The summed E-state index contributed by atoms with van der Waals surface area (Å²) in [6, 6.07) is 0.164. The zero-order valence-corrected chi connectivity index (χ0v) is 10.9. The van der Waals surface area contributed by atoms with E-state index in [1.165, 1.54) is 0 Å². The molecule has 0 saturated heterocycles. The van der Waals surface area contributed by atoms with Gasteiger partial charge in [0.05, 0.1) is 18.3 Å². The van der Waals surface area contributed by atoms with Crippen molar-refractivity contribution in [3.8, 4) is 0 Å². The summed E-state index contributed by atoms with van der Waals surface area (Å²) in [6.07, 6.45) is 2.18. The van der Waals surface area contributed by atoms with Crippen molar-refractivity contribution in [1.82, 2.24) is 20.3 Å². The van der Waals surface area contributed by atoms with E-state index in [2.05, 4.69) is 15.6 Å². The first-order valence-electron chi connectivity index (χ1n) is 5.78. The second kappa shape index (κ2) is 5.27. The third kappa shape index (κ3) is 4.52. The van der Waals surface area contributed by atoms with Gasteiger partial charge in [-0.2, -0.15) is 0 Å². The van der Waals surface area contributed by atoms with Crippen LogP contribution in [0.3, 0.4) is 0 Å². The second-order valence-corrected chi connectivity index (χ2v) is 5.06. The maximum Gasteiger partial charge on any atom is 0.222 e. The van der Waals surface area contributed by atoms with Gasteiger partial charge in [0.2, 0.25) is 5.91 Å². The Kier molecular flexibility index (Phi) is 4.22. The van der Waals surface area contributed by atoms with Crippen LogP contribution in [0.1, 0.15) is 39.8 Å². The number of carbonyl (C=O) groups is 1. The van der Waals surface area contributed by atoms with Crippen LogP contribution >= 0.6 is 0 Å². The maximum absolute atomic E-state index is 11.4. The molecule has 3 N–H and O–H groups in total. The Morgan fingerprint density at radius 1 is 1.59 bits per heavy atom. The molecule has 0 spiro atoms. The lowest BCUT2D eigenvalue weighted by Crippen LogP contribution is -2.30. The first-order chi connectivity index (χ1) is 7.79. The molecule has 6 heteroatoms. The zero-order valence-electron chi connectivity index (χ0n) is 10.9. The highest BCUT2D eigenvalue weighted by Crippen LogP contribution is 2.12. The number of amides is 1. The number of hydrogen-bond donors (Lipinski definition) is 2. The fourth-order valence-corrected chi connectivity index (χ4v) is 1.31. The summed E-state index contributed by atoms with van der Waals surface area (Å²) in [7, 11) is 0. The molecule has 96 valence electrons. The van der Waals surface area contributed by atoms with E-state index in [1.54, 1.807) is 10.9 Å². The summed E-state index contributed by atoms with van der Waals surface area (Å²) in [5.74, 6) is 0.0176. The highest BCUT2D eigenvalue weighted by molar-refractivity contribution is 5.76. The van der Waals surface area contributed by atoms with Crippen LogP contribution in [0.4, 0.5) is 0 Å². The zero-order chi connectivity index (χ0) is 13.1. The van der Waals surface area contributed by atoms with Crippen molar-refractivity contribution in [1.29, 1.82) is 0 Å². The molecule has 6 nitrogen and oxygen atoms in total. The van der Waals surface area contributed by atoms with E-state index in [1.807, 2.05) is 27.7 Å². The molecule has 0 aliphatic rings. The highest BCUT2D eigenvalue weighted by atomic mass is 16.1. The van der Waals surface area contributed by atoms with Crippen molar-refractivity contribution in [2.45, 2.75) is 52.2 Å². The van der Waals surface area contributed by atoms with Gasteiger partial charge in [0.1, 0.15) is 5.69 Å². The van der Waals surface area contributed by atoms with E-state index >= 15 is 0 Å². The average molecular weight is 239 g/mol. The van der Waals surface area contributed by atoms with E-state index in [0.29, 0.717) is 13.0 Å². The van der Waals surface area contributed by atoms with E-state index in [9.17, 15) is 4.79 Å². The van der Waals surface area contributed by atoms with Crippen molar-refractivity contribution in [3.63, 3.8) is 0 Å². The van der Waals surface area contributed by atoms with Gasteiger partial charge in [-0.15, -0.1) is 5.10 Å². The summed E-state index contributed by atoms with van der Waals surface area (Å²) < 4.78 is 1.64. The van der Waals surface area contributed by atoms with Crippen LogP contribution in [-0.4, -0.2) is 26.9 Å². The first-order valence-corrected chi connectivity index (χ1v) is 5.78. The van der Waals surface area contributed by atoms with Crippen LogP contribution in [0, 0.1) is 0 Å². The Hall–Kier alpha value is -1.43. The molecular formula is C11H21N5O. The van der Waals surface area contributed by atoms with Crippen molar-refractivity contribution < 1.29 is 4.79 Å². The summed E-state index contributed by atoms with van der Waals surface area (Å²) in [4.78, 5) is 11.4. The number of rotatable bonds is 5. The van der Waals surface area contributed by atoms with Gasteiger partial charge in [-0.3, -0.25) is 9.48 Å². The van der Waals surface area contributed by atoms with Gasteiger partial charge < -0.3 is 11.1 Å². The SMILES string of the molecule is CC(C)NC(=O)CCn1cc(C(C)(C)N)nn1. The largest absolute Gasteiger partial charge is 0.354 e. The van der Waals surface area contributed by atoms with E-state index in [4.69, 9.17) is 5.73 Å². The number of hydrogen-bond acceptors (Lipinski definition) is 4. The summed E-state index contributed by atoms with van der Waals surface area (Å²) in [5.41, 5.74) is 6.12. The number of aromatic nitrogens is 3. The normalized spacial score (nSPS) is 11.9. The third-order valence-corrected chi connectivity index (χ3v) is 2.22. The fourth-order valence-electron chi connectivity index (χ4n) is 1.31. The lowest BCUT2D eigenvalue weighted by molar-refractivity contribution is -0.121. The van der Waals surface area contributed by atoms with Gasteiger partial charge >= 0.3 is 0 Å².